The summed E-state index contributed by atoms with van der Waals surface area (Å²) in [4.78, 5) is 27.0. The van der Waals surface area contributed by atoms with Crippen LogP contribution in [0.4, 0.5) is 23.0 Å². The Balaban J connectivity index is 1.32. The van der Waals surface area contributed by atoms with Crippen molar-refractivity contribution in [2.45, 2.75) is 26.7 Å². The molecule has 2 aromatic carbocycles. The summed E-state index contributed by atoms with van der Waals surface area (Å²) in [7, 11) is 3.44. The topological polar surface area (TPSA) is 121 Å². The predicted molar refractivity (Wildman–Crippen MR) is 169 cm³/mol. The number of hydrogen-bond acceptors (Lipinski definition) is 9. The molecule has 1 fully saturated rings. The average molecular weight is 585 g/mol. The number of β-amino-alcohol motifs (C(OH)–C–C–N with tert-alkyl or cyclic N) is 1. The van der Waals surface area contributed by atoms with Crippen LogP contribution in [-0.2, 0) is 19.9 Å². The van der Waals surface area contributed by atoms with Crippen LogP contribution in [0.25, 0.3) is 11.4 Å². The molecular weight excluding hydrogens is 544 g/mol. The summed E-state index contributed by atoms with van der Waals surface area (Å²) in [5.74, 6) is 0.824. The van der Waals surface area contributed by atoms with Crippen molar-refractivity contribution in [2.24, 2.45) is 7.05 Å². The molecule has 0 saturated carbocycles. The van der Waals surface area contributed by atoms with Crippen molar-refractivity contribution < 1.29 is 14.6 Å². The van der Waals surface area contributed by atoms with Crippen LogP contribution in [0.3, 0.4) is 0 Å². The van der Waals surface area contributed by atoms with Crippen molar-refractivity contribution in [1.82, 2.24) is 24.6 Å². The predicted octanol–water partition coefficient (Wildman–Crippen LogP) is 4.12. The van der Waals surface area contributed by atoms with Gasteiger partial charge in [-0.05, 0) is 48.2 Å². The van der Waals surface area contributed by atoms with Crippen LogP contribution in [0.1, 0.15) is 35.5 Å². The Labute approximate surface area is 252 Å². The maximum atomic E-state index is 13.3. The molecule has 1 aliphatic heterocycles. The van der Waals surface area contributed by atoms with Gasteiger partial charge >= 0.3 is 0 Å². The zero-order chi connectivity index (χ0) is 30.3. The lowest BCUT2D eigenvalue weighted by atomic mass is 10.0. The molecule has 0 spiro atoms. The molecular formula is C32H40N8O3. The quantitative estimate of drug-likeness (QED) is 0.239. The third-order valence-electron chi connectivity index (χ3n) is 7.85. The van der Waals surface area contributed by atoms with E-state index >= 15 is 0 Å². The number of para-hydroxylation sites is 1. The molecule has 0 bridgehead atoms. The van der Waals surface area contributed by atoms with E-state index < -0.39 is 0 Å². The highest BCUT2D eigenvalue weighted by atomic mass is 16.5. The number of carbonyl (C=O) groups is 1. The van der Waals surface area contributed by atoms with Crippen LogP contribution in [-0.4, -0.2) is 82.1 Å². The van der Waals surface area contributed by atoms with E-state index in [0.29, 0.717) is 35.3 Å². The number of nitrogens with zero attached hydrogens (tertiary/aromatic N) is 6. The molecule has 226 valence electrons. The molecule has 0 atom stereocenters. The van der Waals surface area contributed by atoms with Gasteiger partial charge in [-0.2, -0.15) is 5.10 Å². The molecule has 43 heavy (non-hydrogen) atoms. The van der Waals surface area contributed by atoms with E-state index in [1.807, 2.05) is 30.3 Å². The van der Waals surface area contributed by atoms with E-state index in [4.69, 9.17) is 9.72 Å². The molecule has 3 heterocycles. The molecule has 1 aliphatic rings. The summed E-state index contributed by atoms with van der Waals surface area (Å²) in [6.45, 7) is 8.64. The van der Waals surface area contributed by atoms with Crippen LogP contribution in [0.2, 0.25) is 0 Å². The molecule has 1 saturated heterocycles. The second-order valence-corrected chi connectivity index (χ2v) is 10.5. The van der Waals surface area contributed by atoms with Crippen LogP contribution in [0.15, 0.2) is 54.7 Å². The third kappa shape index (κ3) is 6.79. The first-order chi connectivity index (χ1) is 20.9. The van der Waals surface area contributed by atoms with Crippen molar-refractivity contribution in [2.75, 3.05) is 62.0 Å². The number of benzene rings is 2. The number of methoxy groups -OCH3 is 1. The van der Waals surface area contributed by atoms with E-state index in [1.165, 1.54) is 0 Å². The molecule has 5 rings (SSSR count). The number of ether oxygens (including phenoxy) is 1. The molecule has 11 nitrogen and oxygen atoms in total. The van der Waals surface area contributed by atoms with Crippen molar-refractivity contribution >= 4 is 28.9 Å². The number of piperazine rings is 1. The number of aryl methyl sites for hydroxylation is 3. The smallest absolute Gasteiger partial charge is 0.276 e. The Kier molecular flexibility index (Phi) is 9.53. The number of aliphatic hydroxyl groups is 1. The number of aromatic nitrogens is 4. The minimum atomic E-state index is -0.260. The Hall–Kier alpha value is -4.48. The van der Waals surface area contributed by atoms with E-state index in [-0.39, 0.29) is 12.5 Å². The van der Waals surface area contributed by atoms with Gasteiger partial charge in [-0.1, -0.05) is 32.0 Å². The van der Waals surface area contributed by atoms with Crippen LogP contribution < -0.4 is 20.3 Å². The Bertz CT molecular complexity index is 1540. The van der Waals surface area contributed by atoms with Gasteiger partial charge in [0.25, 0.3) is 5.91 Å². The average Bonchev–Trinajstić information content (AvgIpc) is 3.43. The van der Waals surface area contributed by atoms with E-state index in [1.54, 1.807) is 37.2 Å². The number of carbonyl (C=O) groups excluding carboxylic acids is 1. The fraction of sp³-hybridized carbons (Fsp3) is 0.375. The van der Waals surface area contributed by atoms with Gasteiger partial charge in [0, 0.05) is 63.4 Å². The van der Waals surface area contributed by atoms with E-state index in [9.17, 15) is 9.90 Å². The van der Waals surface area contributed by atoms with Gasteiger partial charge in [0.05, 0.1) is 30.8 Å². The number of amides is 1. The highest BCUT2D eigenvalue weighted by molar-refractivity contribution is 6.04. The summed E-state index contributed by atoms with van der Waals surface area (Å²) < 4.78 is 7.36. The van der Waals surface area contributed by atoms with Gasteiger partial charge in [0.15, 0.2) is 5.69 Å². The maximum Gasteiger partial charge on any atom is 0.276 e. The van der Waals surface area contributed by atoms with Gasteiger partial charge in [-0.15, -0.1) is 0 Å². The SMILES string of the molecule is CCc1cccc(CC)c1NC(=O)c1cc(-c2ccnc(Nc3ccc(N4CCN(CCO)CC4)cc3OC)n2)n(C)n1. The molecule has 4 aromatic rings. The monoisotopic (exact) mass is 584 g/mol. The summed E-state index contributed by atoms with van der Waals surface area (Å²) >= 11 is 0. The first-order valence-corrected chi connectivity index (χ1v) is 14.8. The van der Waals surface area contributed by atoms with Gasteiger partial charge in [0.1, 0.15) is 5.75 Å². The lowest BCUT2D eigenvalue weighted by molar-refractivity contribution is 0.102. The second-order valence-electron chi connectivity index (χ2n) is 10.5. The maximum absolute atomic E-state index is 13.3. The molecule has 0 radical (unpaired) electrons. The number of hydrogen-bond donors (Lipinski definition) is 3. The lowest BCUT2D eigenvalue weighted by Gasteiger charge is -2.36. The summed E-state index contributed by atoms with van der Waals surface area (Å²) in [6.07, 6.45) is 3.32. The fourth-order valence-electron chi connectivity index (χ4n) is 5.43. The zero-order valence-corrected chi connectivity index (χ0v) is 25.3. The molecule has 1 amide bonds. The minimum Gasteiger partial charge on any atom is -0.494 e. The summed E-state index contributed by atoms with van der Waals surface area (Å²) in [5.41, 5.74) is 6.51. The van der Waals surface area contributed by atoms with E-state index in [0.717, 1.165) is 67.2 Å². The highest BCUT2D eigenvalue weighted by Crippen LogP contribution is 2.32. The number of rotatable bonds is 11. The zero-order valence-electron chi connectivity index (χ0n) is 25.3. The van der Waals surface area contributed by atoms with Crippen LogP contribution >= 0.6 is 0 Å². The van der Waals surface area contributed by atoms with Gasteiger partial charge < -0.3 is 25.4 Å². The molecule has 11 heteroatoms. The summed E-state index contributed by atoms with van der Waals surface area (Å²) in [6, 6.07) is 15.7. The first kappa shape index (κ1) is 30.0. The van der Waals surface area contributed by atoms with Crippen molar-refractivity contribution in [3.8, 4) is 17.1 Å². The molecule has 0 aliphatic carbocycles. The molecule has 0 unspecified atom stereocenters. The van der Waals surface area contributed by atoms with Gasteiger partial charge in [-0.25, -0.2) is 9.97 Å². The van der Waals surface area contributed by atoms with Crippen molar-refractivity contribution in [3.05, 3.63) is 71.5 Å². The van der Waals surface area contributed by atoms with Crippen LogP contribution in [0, 0.1) is 0 Å². The lowest BCUT2D eigenvalue weighted by Crippen LogP contribution is -2.47. The Morgan fingerprint density at radius 2 is 1.77 bits per heavy atom. The number of nitrogens with one attached hydrogen (secondary N) is 2. The van der Waals surface area contributed by atoms with Crippen molar-refractivity contribution in [1.29, 1.82) is 0 Å². The Morgan fingerprint density at radius 1 is 1.02 bits per heavy atom. The highest BCUT2D eigenvalue weighted by Gasteiger charge is 2.20. The first-order valence-electron chi connectivity index (χ1n) is 14.8. The standard InChI is InChI=1S/C32H40N8O3/c1-5-22-8-7-9-23(6-2)30(22)36-31(42)27-21-28(38(3)37-27)25-12-13-33-32(34-25)35-26-11-10-24(20-29(26)43-4)40-16-14-39(15-17-40)18-19-41/h7-13,20-21,41H,5-6,14-19H2,1-4H3,(H,36,42)(H,33,34,35). The summed E-state index contributed by atoms with van der Waals surface area (Å²) in [5, 5.41) is 20.1. The van der Waals surface area contributed by atoms with Crippen molar-refractivity contribution in [3.63, 3.8) is 0 Å². The largest absolute Gasteiger partial charge is 0.494 e. The third-order valence-corrected chi connectivity index (χ3v) is 7.85. The molecule has 2 aromatic heterocycles. The molecule has 3 N–H and O–H groups in total. The minimum absolute atomic E-state index is 0.183. The Morgan fingerprint density at radius 3 is 2.44 bits per heavy atom. The van der Waals surface area contributed by atoms with E-state index in [2.05, 4.69) is 50.4 Å². The number of anilines is 4. The second kappa shape index (κ2) is 13.7. The van der Waals surface area contributed by atoms with Gasteiger partial charge in [0.2, 0.25) is 5.95 Å². The van der Waals surface area contributed by atoms with Crippen LogP contribution in [0.5, 0.6) is 5.75 Å². The normalized spacial score (nSPS) is 13.7. The van der Waals surface area contributed by atoms with Gasteiger partial charge in [-0.3, -0.25) is 14.4 Å². The fourth-order valence-corrected chi connectivity index (χ4v) is 5.43. The number of aliphatic hydroxyl groups excluding tert-OH is 1.